The SMILES string of the molecule is CC1CCCCN1Cc1ccc(CNC(=O)NCCO)cc1. The number of likely N-dealkylation sites (tertiary alicyclic amines) is 1. The van der Waals surface area contributed by atoms with Crippen LogP contribution in [-0.4, -0.2) is 41.8 Å². The molecule has 1 saturated heterocycles. The summed E-state index contributed by atoms with van der Waals surface area (Å²) in [4.78, 5) is 13.9. The molecule has 0 aliphatic carbocycles. The second kappa shape index (κ2) is 8.76. The number of hydrogen-bond acceptors (Lipinski definition) is 3. The number of urea groups is 1. The Morgan fingerprint density at radius 1 is 1.23 bits per heavy atom. The Morgan fingerprint density at radius 2 is 1.95 bits per heavy atom. The minimum Gasteiger partial charge on any atom is -0.395 e. The quantitative estimate of drug-likeness (QED) is 0.751. The first kappa shape index (κ1) is 16.8. The molecular formula is C17H27N3O2. The summed E-state index contributed by atoms with van der Waals surface area (Å²) in [5, 5.41) is 14.0. The van der Waals surface area contributed by atoms with Gasteiger partial charge in [0.2, 0.25) is 0 Å². The standard InChI is InChI=1S/C17H27N3O2/c1-14-4-2-3-10-20(14)13-16-7-5-15(6-8-16)12-19-17(22)18-9-11-21/h5-8,14,21H,2-4,9-13H2,1H3,(H2,18,19,22). The van der Waals surface area contributed by atoms with Crippen molar-refractivity contribution in [2.75, 3.05) is 19.7 Å². The van der Waals surface area contributed by atoms with Gasteiger partial charge in [0.15, 0.2) is 0 Å². The van der Waals surface area contributed by atoms with Gasteiger partial charge in [-0.25, -0.2) is 4.79 Å². The van der Waals surface area contributed by atoms with Gasteiger partial charge in [-0.3, -0.25) is 4.90 Å². The van der Waals surface area contributed by atoms with Crippen LogP contribution in [0.1, 0.15) is 37.3 Å². The highest BCUT2D eigenvalue weighted by atomic mass is 16.3. The Bertz CT molecular complexity index is 461. The fraction of sp³-hybridized carbons (Fsp3) is 0.588. The second-order valence-corrected chi connectivity index (χ2v) is 5.96. The van der Waals surface area contributed by atoms with Crippen LogP contribution in [0.5, 0.6) is 0 Å². The van der Waals surface area contributed by atoms with Crippen molar-refractivity contribution in [3.63, 3.8) is 0 Å². The van der Waals surface area contributed by atoms with Gasteiger partial charge in [0.25, 0.3) is 0 Å². The van der Waals surface area contributed by atoms with Crippen LogP contribution in [0.15, 0.2) is 24.3 Å². The maximum absolute atomic E-state index is 11.4. The van der Waals surface area contributed by atoms with Crippen molar-refractivity contribution in [2.24, 2.45) is 0 Å². The zero-order valence-electron chi connectivity index (χ0n) is 13.3. The van der Waals surface area contributed by atoms with Crippen molar-refractivity contribution in [1.29, 1.82) is 0 Å². The molecule has 2 amide bonds. The van der Waals surface area contributed by atoms with Gasteiger partial charge in [0, 0.05) is 25.7 Å². The van der Waals surface area contributed by atoms with E-state index >= 15 is 0 Å². The first-order valence-electron chi connectivity index (χ1n) is 8.13. The number of nitrogens with one attached hydrogen (secondary N) is 2. The van der Waals surface area contributed by atoms with Gasteiger partial charge < -0.3 is 15.7 Å². The molecule has 0 saturated carbocycles. The molecule has 1 atom stereocenters. The summed E-state index contributed by atoms with van der Waals surface area (Å²) in [6.45, 7) is 5.23. The molecule has 1 aliphatic heterocycles. The molecule has 1 aromatic rings. The largest absolute Gasteiger partial charge is 0.395 e. The molecule has 0 spiro atoms. The molecule has 1 heterocycles. The van der Waals surface area contributed by atoms with E-state index in [1.807, 2.05) is 0 Å². The number of carbonyl (C=O) groups is 1. The molecule has 122 valence electrons. The molecule has 5 nitrogen and oxygen atoms in total. The van der Waals surface area contributed by atoms with E-state index in [9.17, 15) is 4.79 Å². The normalized spacial score (nSPS) is 18.9. The number of nitrogens with zero attached hydrogens (tertiary/aromatic N) is 1. The number of amides is 2. The lowest BCUT2D eigenvalue weighted by Gasteiger charge is -2.33. The lowest BCUT2D eigenvalue weighted by atomic mass is 10.0. The average molecular weight is 305 g/mol. The van der Waals surface area contributed by atoms with Crippen LogP contribution in [0.3, 0.4) is 0 Å². The molecule has 1 aromatic carbocycles. The summed E-state index contributed by atoms with van der Waals surface area (Å²) < 4.78 is 0. The number of piperidine rings is 1. The first-order valence-corrected chi connectivity index (χ1v) is 8.13. The molecule has 2 rings (SSSR count). The van der Waals surface area contributed by atoms with Gasteiger partial charge >= 0.3 is 6.03 Å². The van der Waals surface area contributed by atoms with Crippen molar-refractivity contribution < 1.29 is 9.90 Å². The Morgan fingerprint density at radius 3 is 2.64 bits per heavy atom. The van der Waals surface area contributed by atoms with Crippen LogP contribution in [0, 0.1) is 0 Å². The number of carbonyl (C=O) groups excluding carboxylic acids is 1. The van der Waals surface area contributed by atoms with E-state index in [1.54, 1.807) is 0 Å². The highest BCUT2D eigenvalue weighted by Crippen LogP contribution is 2.19. The number of benzene rings is 1. The van der Waals surface area contributed by atoms with Gasteiger partial charge in [-0.1, -0.05) is 30.7 Å². The van der Waals surface area contributed by atoms with E-state index < -0.39 is 0 Å². The molecule has 1 fully saturated rings. The van der Waals surface area contributed by atoms with Crippen LogP contribution in [0.4, 0.5) is 4.79 Å². The van der Waals surface area contributed by atoms with E-state index in [1.165, 1.54) is 31.4 Å². The number of aliphatic hydroxyl groups excluding tert-OH is 1. The highest BCUT2D eigenvalue weighted by molar-refractivity contribution is 5.73. The third kappa shape index (κ3) is 5.31. The Labute approximate surface area is 132 Å². The first-order chi connectivity index (χ1) is 10.7. The Kier molecular flexibility index (Phi) is 6.68. The topological polar surface area (TPSA) is 64.6 Å². The summed E-state index contributed by atoms with van der Waals surface area (Å²) in [5.41, 5.74) is 2.40. The average Bonchev–Trinajstić information content (AvgIpc) is 2.54. The van der Waals surface area contributed by atoms with Crippen molar-refractivity contribution >= 4 is 6.03 Å². The van der Waals surface area contributed by atoms with E-state index in [0.717, 1.165) is 12.1 Å². The molecule has 0 radical (unpaired) electrons. The summed E-state index contributed by atoms with van der Waals surface area (Å²) in [5.74, 6) is 0. The third-order valence-corrected chi connectivity index (χ3v) is 4.20. The predicted molar refractivity (Wildman–Crippen MR) is 87.5 cm³/mol. The highest BCUT2D eigenvalue weighted by Gasteiger charge is 2.17. The molecular weight excluding hydrogens is 278 g/mol. The van der Waals surface area contributed by atoms with Gasteiger partial charge in [0.1, 0.15) is 0 Å². The van der Waals surface area contributed by atoms with Crippen molar-refractivity contribution in [2.45, 2.75) is 45.3 Å². The lowest BCUT2D eigenvalue weighted by molar-refractivity contribution is 0.152. The maximum Gasteiger partial charge on any atom is 0.315 e. The Hall–Kier alpha value is -1.59. The van der Waals surface area contributed by atoms with Crippen molar-refractivity contribution in [1.82, 2.24) is 15.5 Å². The van der Waals surface area contributed by atoms with Gasteiger partial charge in [-0.2, -0.15) is 0 Å². The third-order valence-electron chi connectivity index (χ3n) is 4.20. The van der Waals surface area contributed by atoms with E-state index in [-0.39, 0.29) is 19.2 Å². The monoisotopic (exact) mass is 305 g/mol. The van der Waals surface area contributed by atoms with Crippen molar-refractivity contribution in [3.05, 3.63) is 35.4 Å². The van der Waals surface area contributed by atoms with Crippen molar-refractivity contribution in [3.8, 4) is 0 Å². The minimum absolute atomic E-state index is 0.0446. The predicted octanol–water partition coefficient (Wildman–Crippen LogP) is 1.85. The van der Waals surface area contributed by atoms with E-state index in [2.05, 4.69) is 46.7 Å². The molecule has 0 aromatic heterocycles. The zero-order valence-corrected chi connectivity index (χ0v) is 13.3. The fourth-order valence-corrected chi connectivity index (χ4v) is 2.80. The summed E-state index contributed by atoms with van der Waals surface area (Å²) >= 11 is 0. The summed E-state index contributed by atoms with van der Waals surface area (Å²) in [7, 11) is 0. The number of aliphatic hydroxyl groups is 1. The number of rotatable bonds is 6. The van der Waals surface area contributed by atoms with Gasteiger partial charge in [0.05, 0.1) is 6.61 Å². The van der Waals surface area contributed by atoms with Gasteiger partial charge in [-0.05, 0) is 37.4 Å². The smallest absolute Gasteiger partial charge is 0.315 e. The van der Waals surface area contributed by atoms with E-state index in [0.29, 0.717) is 12.6 Å². The maximum atomic E-state index is 11.4. The second-order valence-electron chi connectivity index (χ2n) is 5.96. The van der Waals surface area contributed by atoms with Crippen LogP contribution in [0.25, 0.3) is 0 Å². The molecule has 1 aliphatic rings. The van der Waals surface area contributed by atoms with Crippen LogP contribution in [0.2, 0.25) is 0 Å². The molecule has 5 heteroatoms. The van der Waals surface area contributed by atoms with Crippen LogP contribution >= 0.6 is 0 Å². The molecule has 3 N–H and O–H groups in total. The summed E-state index contributed by atoms with van der Waals surface area (Å²) in [6.07, 6.45) is 3.95. The van der Waals surface area contributed by atoms with Crippen LogP contribution in [-0.2, 0) is 13.1 Å². The Balaban J connectivity index is 1.78. The lowest BCUT2D eigenvalue weighted by Crippen LogP contribution is -2.37. The molecule has 0 bridgehead atoms. The van der Waals surface area contributed by atoms with E-state index in [4.69, 9.17) is 5.11 Å². The zero-order chi connectivity index (χ0) is 15.8. The molecule has 22 heavy (non-hydrogen) atoms. The summed E-state index contributed by atoms with van der Waals surface area (Å²) in [6, 6.07) is 8.84. The number of hydrogen-bond donors (Lipinski definition) is 3. The minimum atomic E-state index is -0.250. The van der Waals surface area contributed by atoms with Gasteiger partial charge in [-0.15, -0.1) is 0 Å². The van der Waals surface area contributed by atoms with Crippen LogP contribution < -0.4 is 10.6 Å². The fourth-order valence-electron chi connectivity index (χ4n) is 2.80. The molecule has 1 unspecified atom stereocenters.